The Balaban J connectivity index is 2.21. The summed E-state index contributed by atoms with van der Waals surface area (Å²) in [7, 11) is 0. The van der Waals surface area contributed by atoms with Crippen molar-refractivity contribution in [2.45, 2.75) is 19.1 Å². The van der Waals surface area contributed by atoms with Crippen LogP contribution >= 0.6 is 15.9 Å². The summed E-state index contributed by atoms with van der Waals surface area (Å²) < 4.78 is 1.07. The molecule has 1 aromatic carbocycles. The third kappa shape index (κ3) is 3.28. The summed E-state index contributed by atoms with van der Waals surface area (Å²) in [6.45, 7) is 5.84. The average molecular weight is 299 g/mol. The Morgan fingerprint density at radius 1 is 1.35 bits per heavy atom. The summed E-state index contributed by atoms with van der Waals surface area (Å²) in [6, 6.07) is 8.32. The van der Waals surface area contributed by atoms with Crippen molar-refractivity contribution in [1.82, 2.24) is 10.2 Å². The van der Waals surface area contributed by atoms with Crippen LogP contribution in [0.5, 0.6) is 0 Å². The van der Waals surface area contributed by atoms with E-state index in [4.69, 9.17) is 0 Å². The van der Waals surface area contributed by atoms with E-state index < -0.39 is 0 Å². The second kappa shape index (κ2) is 5.96. The van der Waals surface area contributed by atoms with Crippen molar-refractivity contribution in [3.8, 4) is 0 Å². The van der Waals surface area contributed by atoms with E-state index in [0.29, 0.717) is 0 Å². The van der Waals surface area contributed by atoms with E-state index in [1.54, 1.807) is 0 Å². The molecule has 1 aliphatic rings. The molecule has 0 bridgehead atoms. The average Bonchev–Trinajstić information content (AvgIpc) is 2.30. The molecule has 0 aliphatic carbocycles. The second-order valence-electron chi connectivity index (χ2n) is 4.53. The normalized spacial score (nSPS) is 21.1. The molecule has 94 valence electrons. The standard InChI is InChI=1S/C13H19BrN2O/c1-10(17)13(16-7-5-15-6-8-16)11-3-2-4-12(14)9-11/h2-4,9-10,13,15,17H,5-8H2,1H3. The number of aliphatic hydroxyl groups excluding tert-OH is 1. The summed E-state index contributed by atoms with van der Waals surface area (Å²) >= 11 is 3.49. The molecule has 2 N–H and O–H groups in total. The van der Waals surface area contributed by atoms with Gasteiger partial charge in [-0.05, 0) is 24.6 Å². The largest absolute Gasteiger partial charge is 0.391 e. The molecule has 1 aliphatic heterocycles. The minimum Gasteiger partial charge on any atom is -0.391 e. The van der Waals surface area contributed by atoms with Gasteiger partial charge in [-0.25, -0.2) is 0 Å². The van der Waals surface area contributed by atoms with Gasteiger partial charge in [0.05, 0.1) is 12.1 Å². The van der Waals surface area contributed by atoms with Crippen LogP contribution in [0.15, 0.2) is 28.7 Å². The first-order valence-electron chi connectivity index (χ1n) is 6.07. The number of hydrogen-bond acceptors (Lipinski definition) is 3. The van der Waals surface area contributed by atoms with Gasteiger partial charge in [-0.2, -0.15) is 0 Å². The van der Waals surface area contributed by atoms with E-state index in [1.807, 2.05) is 19.1 Å². The summed E-state index contributed by atoms with van der Waals surface area (Å²) in [5.74, 6) is 0. The number of halogens is 1. The molecule has 4 heteroatoms. The van der Waals surface area contributed by atoms with Gasteiger partial charge in [-0.15, -0.1) is 0 Å². The maximum atomic E-state index is 10.0. The van der Waals surface area contributed by atoms with Crippen molar-refractivity contribution in [2.75, 3.05) is 26.2 Å². The van der Waals surface area contributed by atoms with Crippen LogP contribution in [0.4, 0.5) is 0 Å². The quantitative estimate of drug-likeness (QED) is 0.893. The Morgan fingerprint density at radius 3 is 2.65 bits per heavy atom. The molecule has 2 unspecified atom stereocenters. The molecule has 1 heterocycles. The predicted octanol–water partition coefficient (Wildman–Crippen LogP) is 1.78. The van der Waals surface area contributed by atoms with Gasteiger partial charge >= 0.3 is 0 Å². The zero-order valence-corrected chi connectivity index (χ0v) is 11.7. The summed E-state index contributed by atoms with van der Waals surface area (Å²) in [6.07, 6.45) is -0.359. The molecule has 17 heavy (non-hydrogen) atoms. The van der Waals surface area contributed by atoms with E-state index >= 15 is 0 Å². The summed E-state index contributed by atoms with van der Waals surface area (Å²) in [5.41, 5.74) is 1.18. The minimum absolute atomic E-state index is 0.0922. The third-order valence-corrected chi connectivity index (χ3v) is 3.69. The lowest BCUT2D eigenvalue weighted by atomic mass is 10.00. The highest BCUT2D eigenvalue weighted by Gasteiger charge is 2.26. The number of nitrogens with one attached hydrogen (secondary N) is 1. The number of piperazine rings is 1. The highest BCUT2D eigenvalue weighted by Crippen LogP contribution is 2.26. The molecular formula is C13H19BrN2O. The molecule has 0 aromatic heterocycles. The van der Waals surface area contributed by atoms with Crippen LogP contribution in [0.1, 0.15) is 18.5 Å². The van der Waals surface area contributed by atoms with Crippen LogP contribution in [-0.4, -0.2) is 42.3 Å². The summed E-state index contributed by atoms with van der Waals surface area (Å²) in [4.78, 5) is 2.35. The van der Waals surface area contributed by atoms with Crippen molar-refractivity contribution in [2.24, 2.45) is 0 Å². The highest BCUT2D eigenvalue weighted by atomic mass is 79.9. The molecular weight excluding hydrogens is 280 g/mol. The fourth-order valence-electron chi connectivity index (χ4n) is 2.45. The van der Waals surface area contributed by atoms with Gasteiger partial charge in [0.2, 0.25) is 0 Å². The maximum absolute atomic E-state index is 10.0. The fraction of sp³-hybridized carbons (Fsp3) is 0.538. The van der Waals surface area contributed by atoms with E-state index in [0.717, 1.165) is 30.7 Å². The predicted molar refractivity (Wildman–Crippen MR) is 73.0 cm³/mol. The smallest absolute Gasteiger partial charge is 0.0708 e. The van der Waals surface area contributed by atoms with Gasteiger partial charge in [0.15, 0.2) is 0 Å². The van der Waals surface area contributed by atoms with Gasteiger partial charge in [0.25, 0.3) is 0 Å². The minimum atomic E-state index is -0.359. The van der Waals surface area contributed by atoms with Crippen molar-refractivity contribution in [3.63, 3.8) is 0 Å². The first-order chi connectivity index (χ1) is 8.18. The van der Waals surface area contributed by atoms with Crippen LogP contribution in [0.3, 0.4) is 0 Å². The topological polar surface area (TPSA) is 35.5 Å². The third-order valence-electron chi connectivity index (χ3n) is 3.19. The molecule has 2 atom stereocenters. The Bertz CT molecular complexity index is 364. The SMILES string of the molecule is CC(O)C(c1cccc(Br)c1)N1CCNCC1. The number of hydrogen-bond donors (Lipinski definition) is 2. The molecule has 1 aromatic rings. The first-order valence-corrected chi connectivity index (χ1v) is 6.86. The highest BCUT2D eigenvalue weighted by molar-refractivity contribution is 9.10. The van der Waals surface area contributed by atoms with Crippen LogP contribution in [-0.2, 0) is 0 Å². The lowest BCUT2D eigenvalue weighted by Crippen LogP contribution is -2.47. The van der Waals surface area contributed by atoms with E-state index in [2.05, 4.69) is 38.3 Å². The molecule has 0 radical (unpaired) electrons. The van der Waals surface area contributed by atoms with E-state index in [1.165, 1.54) is 5.56 Å². The molecule has 0 amide bonds. The molecule has 3 nitrogen and oxygen atoms in total. The van der Waals surface area contributed by atoms with Gasteiger partial charge in [-0.1, -0.05) is 28.1 Å². The number of rotatable bonds is 3. The van der Waals surface area contributed by atoms with Crippen LogP contribution < -0.4 is 5.32 Å². The Labute approximate surface area is 111 Å². The first kappa shape index (κ1) is 13.0. The van der Waals surface area contributed by atoms with Gasteiger partial charge in [-0.3, -0.25) is 4.90 Å². The van der Waals surface area contributed by atoms with Gasteiger partial charge in [0.1, 0.15) is 0 Å². The van der Waals surface area contributed by atoms with Crippen molar-refractivity contribution >= 4 is 15.9 Å². The zero-order chi connectivity index (χ0) is 12.3. The van der Waals surface area contributed by atoms with Crippen LogP contribution in [0, 0.1) is 0 Å². The maximum Gasteiger partial charge on any atom is 0.0708 e. The monoisotopic (exact) mass is 298 g/mol. The Hall–Kier alpha value is -0.420. The molecule has 0 spiro atoms. The molecule has 2 rings (SSSR count). The van der Waals surface area contributed by atoms with Crippen molar-refractivity contribution in [3.05, 3.63) is 34.3 Å². The molecule has 0 saturated carbocycles. The lowest BCUT2D eigenvalue weighted by molar-refractivity contribution is 0.0525. The van der Waals surface area contributed by atoms with Gasteiger partial charge in [0, 0.05) is 30.7 Å². The van der Waals surface area contributed by atoms with E-state index in [-0.39, 0.29) is 12.1 Å². The van der Waals surface area contributed by atoms with Crippen LogP contribution in [0.2, 0.25) is 0 Å². The second-order valence-corrected chi connectivity index (χ2v) is 5.44. The van der Waals surface area contributed by atoms with Crippen molar-refractivity contribution < 1.29 is 5.11 Å². The Kier molecular flexibility index (Phi) is 4.56. The van der Waals surface area contributed by atoms with Crippen LogP contribution in [0.25, 0.3) is 0 Å². The van der Waals surface area contributed by atoms with E-state index in [9.17, 15) is 5.11 Å². The zero-order valence-electron chi connectivity index (χ0n) is 10.1. The number of nitrogens with zero attached hydrogens (tertiary/aromatic N) is 1. The van der Waals surface area contributed by atoms with Gasteiger partial charge < -0.3 is 10.4 Å². The molecule has 1 fully saturated rings. The Morgan fingerprint density at radius 2 is 2.06 bits per heavy atom. The number of benzene rings is 1. The van der Waals surface area contributed by atoms with Crippen molar-refractivity contribution in [1.29, 1.82) is 0 Å². The molecule has 1 saturated heterocycles. The fourth-order valence-corrected chi connectivity index (χ4v) is 2.86. The lowest BCUT2D eigenvalue weighted by Gasteiger charge is -2.36. The summed E-state index contributed by atoms with van der Waals surface area (Å²) in [5, 5.41) is 13.4. The number of aliphatic hydroxyl groups is 1.